The van der Waals surface area contributed by atoms with Gasteiger partial charge in [-0.25, -0.2) is 0 Å². The van der Waals surface area contributed by atoms with Crippen molar-refractivity contribution < 1.29 is 9.59 Å². The summed E-state index contributed by atoms with van der Waals surface area (Å²) in [6.07, 6.45) is 0. The number of rotatable bonds is 2. The van der Waals surface area contributed by atoms with Gasteiger partial charge in [-0.05, 0) is 0 Å². The average Bonchev–Trinajstić information content (AvgIpc) is 2.06. The molecule has 0 aromatic carbocycles. The SMILES string of the molecule is CC(=O)C(=O)SC1CSCCS1. The Bertz CT molecular complexity index is 187. The molecular weight excluding hydrogens is 212 g/mol. The summed E-state index contributed by atoms with van der Waals surface area (Å²) in [5.41, 5.74) is 0. The van der Waals surface area contributed by atoms with Crippen LogP contribution in [0.3, 0.4) is 0 Å². The highest BCUT2D eigenvalue weighted by Crippen LogP contribution is 2.32. The summed E-state index contributed by atoms with van der Waals surface area (Å²) in [5.74, 6) is 2.90. The number of hydrogen-bond acceptors (Lipinski definition) is 5. The standard InChI is InChI=1S/C7H10O2S3/c1-5(8)7(9)12-6-4-10-2-3-11-6/h6H,2-4H2,1H3. The van der Waals surface area contributed by atoms with E-state index in [1.807, 2.05) is 11.8 Å². The molecule has 1 atom stereocenters. The van der Waals surface area contributed by atoms with Crippen LogP contribution in [0.4, 0.5) is 0 Å². The number of thioether (sulfide) groups is 3. The van der Waals surface area contributed by atoms with E-state index in [1.54, 1.807) is 11.8 Å². The predicted octanol–water partition coefficient (Wildman–Crippen LogP) is 1.64. The molecule has 0 aromatic heterocycles. The first kappa shape index (κ1) is 10.5. The molecule has 0 N–H and O–H groups in total. The van der Waals surface area contributed by atoms with E-state index in [9.17, 15) is 9.59 Å². The zero-order valence-corrected chi connectivity index (χ0v) is 9.19. The molecule has 0 aromatic rings. The third kappa shape index (κ3) is 3.41. The first-order valence-corrected chi connectivity index (χ1v) is 6.69. The predicted molar refractivity (Wildman–Crippen MR) is 56.9 cm³/mol. The molecule has 12 heavy (non-hydrogen) atoms. The first-order chi connectivity index (χ1) is 5.70. The van der Waals surface area contributed by atoms with Crippen LogP contribution in [0, 0.1) is 0 Å². The number of hydrogen-bond donors (Lipinski definition) is 0. The molecule has 2 nitrogen and oxygen atoms in total. The third-order valence-corrected chi connectivity index (χ3v) is 5.66. The Kier molecular flexibility index (Phi) is 4.53. The maximum Gasteiger partial charge on any atom is 0.255 e. The molecule has 0 radical (unpaired) electrons. The van der Waals surface area contributed by atoms with E-state index in [0.29, 0.717) is 4.58 Å². The molecule has 1 aliphatic rings. The van der Waals surface area contributed by atoms with E-state index in [1.165, 1.54) is 18.7 Å². The summed E-state index contributed by atoms with van der Waals surface area (Å²) < 4.78 is 0.292. The van der Waals surface area contributed by atoms with Crippen LogP contribution in [0.2, 0.25) is 0 Å². The molecule has 0 spiro atoms. The smallest absolute Gasteiger partial charge is 0.255 e. The van der Waals surface area contributed by atoms with Crippen molar-refractivity contribution in [1.29, 1.82) is 0 Å². The normalized spacial score (nSPS) is 23.6. The van der Waals surface area contributed by atoms with Crippen LogP contribution in [-0.2, 0) is 9.59 Å². The van der Waals surface area contributed by atoms with Gasteiger partial charge in [-0.1, -0.05) is 11.8 Å². The molecule has 1 rings (SSSR count). The zero-order valence-electron chi connectivity index (χ0n) is 6.74. The molecule has 1 fully saturated rings. The zero-order chi connectivity index (χ0) is 8.97. The second-order valence-electron chi connectivity index (χ2n) is 2.34. The fourth-order valence-electron chi connectivity index (χ4n) is 0.737. The minimum atomic E-state index is -0.337. The fraction of sp³-hybridized carbons (Fsp3) is 0.714. The number of carbonyl (C=O) groups is 2. The molecule has 1 aliphatic heterocycles. The van der Waals surface area contributed by atoms with Crippen molar-refractivity contribution in [2.24, 2.45) is 0 Å². The van der Waals surface area contributed by atoms with Crippen LogP contribution in [-0.4, -0.2) is 32.7 Å². The van der Waals surface area contributed by atoms with Gasteiger partial charge in [-0.15, -0.1) is 11.8 Å². The van der Waals surface area contributed by atoms with Crippen molar-refractivity contribution in [3.63, 3.8) is 0 Å². The van der Waals surface area contributed by atoms with Gasteiger partial charge in [0.2, 0.25) is 5.78 Å². The summed E-state index contributed by atoms with van der Waals surface area (Å²) >= 11 is 4.81. The minimum Gasteiger partial charge on any atom is -0.290 e. The minimum absolute atomic E-state index is 0.292. The quantitative estimate of drug-likeness (QED) is 0.664. The van der Waals surface area contributed by atoms with Gasteiger partial charge in [0.15, 0.2) is 0 Å². The van der Waals surface area contributed by atoms with Gasteiger partial charge in [-0.3, -0.25) is 9.59 Å². The van der Waals surface area contributed by atoms with Gasteiger partial charge < -0.3 is 0 Å². The van der Waals surface area contributed by atoms with Crippen LogP contribution >= 0.6 is 35.3 Å². The molecule has 5 heteroatoms. The van der Waals surface area contributed by atoms with Crippen LogP contribution in [0.1, 0.15) is 6.92 Å². The van der Waals surface area contributed by atoms with Crippen molar-refractivity contribution >= 4 is 46.2 Å². The molecule has 1 heterocycles. The van der Waals surface area contributed by atoms with Gasteiger partial charge in [0.25, 0.3) is 5.12 Å². The van der Waals surface area contributed by atoms with Crippen LogP contribution in [0.5, 0.6) is 0 Å². The Morgan fingerprint density at radius 1 is 1.42 bits per heavy atom. The topological polar surface area (TPSA) is 34.1 Å². The Balaban J connectivity index is 2.29. The Morgan fingerprint density at radius 2 is 2.17 bits per heavy atom. The molecule has 1 unspecified atom stereocenters. The first-order valence-electron chi connectivity index (χ1n) is 3.61. The highest BCUT2D eigenvalue weighted by Gasteiger charge is 2.20. The summed E-state index contributed by atoms with van der Waals surface area (Å²) in [5, 5.41) is -0.296. The Morgan fingerprint density at radius 3 is 2.67 bits per heavy atom. The molecule has 68 valence electrons. The maximum absolute atomic E-state index is 11.0. The van der Waals surface area contributed by atoms with Gasteiger partial charge in [0.1, 0.15) is 0 Å². The van der Waals surface area contributed by atoms with Crippen molar-refractivity contribution in [2.75, 3.05) is 17.3 Å². The van der Waals surface area contributed by atoms with E-state index in [0.717, 1.165) is 17.3 Å². The molecular formula is C7H10O2S3. The lowest BCUT2D eigenvalue weighted by atomic mass is 10.5. The van der Waals surface area contributed by atoms with Crippen LogP contribution < -0.4 is 0 Å². The number of ketones is 1. The van der Waals surface area contributed by atoms with Crippen molar-refractivity contribution in [1.82, 2.24) is 0 Å². The van der Waals surface area contributed by atoms with Gasteiger partial charge in [0.05, 0.1) is 4.58 Å². The molecule has 0 bridgehead atoms. The van der Waals surface area contributed by atoms with E-state index < -0.39 is 0 Å². The van der Waals surface area contributed by atoms with E-state index >= 15 is 0 Å². The summed E-state index contributed by atoms with van der Waals surface area (Å²) in [6.45, 7) is 1.33. The van der Waals surface area contributed by atoms with Crippen molar-refractivity contribution in [2.45, 2.75) is 11.5 Å². The third-order valence-electron chi connectivity index (χ3n) is 1.31. The molecule has 1 saturated heterocycles. The average molecular weight is 222 g/mol. The molecule has 0 amide bonds. The number of carbonyl (C=O) groups excluding carboxylic acids is 2. The van der Waals surface area contributed by atoms with Crippen LogP contribution in [0.25, 0.3) is 0 Å². The fourth-order valence-corrected chi connectivity index (χ4v) is 4.68. The second-order valence-corrected chi connectivity index (χ2v) is 6.27. The van der Waals surface area contributed by atoms with E-state index in [4.69, 9.17) is 0 Å². The van der Waals surface area contributed by atoms with Gasteiger partial charge >= 0.3 is 0 Å². The van der Waals surface area contributed by atoms with Crippen LogP contribution in [0.15, 0.2) is 0 Å². The number of Topliss-reactive ketones (excluding diaryl/α,β-unsaturated/α-hetero) is 1. The lowest BCUT2D eigenvalue weighted by molar-refractivity contribution is -0.130. The van der Waals surface area contributed by atoms with E-state index in [2.05, 4.69) is 0 Å². The lowest BCUT2D eigenvalue weighted by Gasteiger charge is -2.18. The summed E-state index contributed by atoms with van der Waals surface area (Å²) in [4.78, 5) is 21.6. The maximum atomic E-state index is 11.0. The largest absolute Gasteiger partial charge is 0.290 e. The summed E-state index contributed by atoms with van der Waals surface area (Å²) in [7, 11) is 0. The van der Waals surface area contributed by atoms with E-state index in [-0.39, 0.29) is 10.9 Å². The van der Waals surface area contributed by atoms with Gasteiger partial charge in [0, 0.05) is 24.2 Å². The second kappa shape index (κ2) is 5.19. The lowest BCUT2D eigenvalue weighted by Crippen LogP contribution is -2.15. The highest BCUT2D eigenvalue weighted by molar-refractivity contribution is 8.27. The monoisotopic (exact) mass is 222 g/mol. The summed E-state index contributed by atoms with van der Waals surface area (Å²) in [6, 6.07) is 0. The highest BCUT2D eigenvalue weighted by atomic mass is 32.2. The van der Waals surface area contributed by atoms with Gasteiger partial charge in [-0.2, -0.15) is 11.8 Å². The molecule has 0 aliphatic carbocycles. The van der Waals surface area contributed by atoms with Crippen molar-refractivity contribution in [3.05, 3.63) is 0 Å². The van der Waals surface area contributed by atoms with Crippen molar-refractivity contribution in [3.8, 4) is 0 Å². The Labute approximate surface area is 84.6 Å². The molecule has 0 saturated carbocycles. The Hall–Kier alpha value is 0.390.